The molecular weight excluding hydrogens is 498 g/mol. The number of thiazole rings is 1. The zero-order valence-corrected chi connectivity index (χ0v) is 22.7. The predicted molar refractivity (Wildman–Crippen MR) is 141 cm³/mol. The largest absolute Gasteiger partial charge is 0.467 e. The van der Waals surface area contributed by atoms with Gasteiger partial charge in [-0.3, -0.25) is 0 Å². The van der Waals surface area contributed by atoms with Gasteiger partial charge in [-0.1, -0.05) is 30.7 Å². The Bertz CT molecular complexity index is 1150. The number of benzene rings is 1. The topological polar surface area (TPSA) is 89.0 Å². The molecule has 10 heteroatoms. The van der Waals surface area contributed by atoms with Gasteiger partial charge in [0.25, 0.3) is 5.19 Å². The van der Waals surface area contributed by atoms with Gasteiger partial charge in [0.2, 0.25) is 10.0 Å². The summed E-state index contributed by atoms with van der Waals surface area (Å²) in [6.45, 7) is 4.94. The second-order valence-electron chi connectivity index (χ2n) is 10.4. The summed E-state index contributed by atoms with van der Waals surface area (Å²) in [5.74, 6) is 1.16. The molecule has 1 aliphatic carbocycles. The summed E-state index contributed by atoms with van der Waals surface area (Å²) in [5, 5.41) is 0.675. The Balaban J connectivity index is 1.12. The average molecular weight is 536 g/mol. The highest BCUT2D eigenvalue weighted by atomic mass is 32.2. The van der Waals surface area contributed by atoms with Crippen molar-refractivity contribution in [3.05, 3.63) is 23.8 Å². The van der Waals surface area contributed by atoms with Gasteiger partial charge in [-0.15, -0.1) is 0 Å². The van der Waals surface area contributed by atoms with Crippen LogP contribution in [0.2, 0.25) is 0 Å². The van der Waals surface area contributed by atoms with E-state index in [1.165, 1.54) is 24.8 Å². The Labute approximate surface area is 218 Å². The van der Waals surface area contributed by atoms with Crippen molar-refractivity contribution in [3.63, 3.8) is 0 Å². The SMILES string of the molecule is CCCS(=O)(=O)N1CCC(c2ccc3nc(OC4CCN(C(=O)OCC5CCC5)CC4)sc3c2)CC1. The van der Waals surface area contributed by atoms with E-state index in [0.29, 0.717) is 56.2 Å². The maximum absolute atomic E-state index is 12.4. The fourth-order valence-corrected chi connectivity index (χ4v) is 7.79. The van der Waals surface area contributed by atoms with Crippen molar-refractivity contribution >= 4 is 37.7 Å². The number of sulfonamides is 1. The van der Waals surface area contributed by atoms with E-state index >= 15 is 0 Å². The molecule has 1 saturated carbocycles. The highest BCUT2D eigenvalue weighted by Gasteiger charge is 2.29. The molecule has 198 valence electrons. The summed E-state index contributed by atoms with van der Waals surface area (Å²) in [5.41, 5.74) is 2.18. The third kappa shape index (κ3) is 5.97. The number of likely N-dealkylation sites (tertiary alicyclic amines) is 1. The molecule has 0 unspecified atom stereocenters. The van der Waals surface area contributed by atoms with Crippen molar-refractivity contribution in [3.8, 4) is 5.19 Å². The summed E-state index contributed by atoms with van der Waals surface area (Å²) < 4.78 is 39.2. The Morgan fingerprint density at radius 2 is 1.83 bits per heavy atom. The smallest absolute Gasteiger partial charge is 0.409 e. The number of hydrogen-bond acceptors (Lipinski definition) is 7. The summed E-state index contributed by atoms with van der Waals surface area (Å²) >= 11 is 1.56. The first-order valence-corrected chi connectivity index (χ1v) is 15.8. The summed E-state index contributed by atoms with van der Waals surface area (Å²) in [6.07, 6.45) is 7.36. The lowest BCUT2D eigenvalue weighted by Crippen LogP contribution is -2.42. The number of carbonyl (C=O) groups is 1. The first-order chi connectivity index (χ1) is 17.4. The molecule has 3 fully saturated rings. The number of aromatic nitrogens is 1. The van der Waals surface area contributed by atoms with Crippen LogP contribution in [-0.2, 0) is 14.8 Å². The van der Waals surface area contributed by atoms with E-state index in [2.05, 4.69) is 23.2 Å². The number of rotatable bonds is 8. The molecule has 3 heterocycles. The molecule has 0 bridgehead atoms. The first kappa shape index (κ1) is 25.7. The molecule has 0 radical (unpaired) electrons. The van der Waals surface area contributed by atoms with Crippen LogP contribution in [0.1, 0.15) is 69.8 Å². The number of amides is 1. The zero-order valence-electron chi connectivity index (χ0n) is 21.1. The predicted octanol–water partition coefficient (Wildman–Crippen LogP) is 5.00. The minimum absolute atomic E-state index is 0.0510. The second-order valence-corrected chi connectivity index (χ2v) is 13.5. The molecule has 3 aliphatic rings. The van der Waals surface area contributed by atoms with E-state index in [1.807, 2.05) is 6.92 Å². The third-order valence-corrected chi connectivity index (χ3v) is 10.8. The standard InChI is InChI=1S/C26H37N3O5S2/c1-2-16-36(31,32)29-14-8-20(9-15-29)21-6-7-23-24(17-21)35-25(27-23)34-22-10-12-28(13-11-22)26(30)33-18-19-4-3-5-19/h6-7,17,19-20,22H,2-5,8-16,18H2,1H3. The lowest BCUT2D eigenvalue weighted by atomic mass is 9.86. The lowest BCUT2D eigenvalue weighted by Gasteiger charge is -2.32. The molecule has 8 nitrogen and oxygen atoms in total. The number of hydrogen-bond donors (Lipinski definition) is 0. The third-order valence-electron chi connectivity index (χ3n) is 7.81. The molecule has 0 atom stereocenters. The minimum Gasteiger partial charge on any atom is -0.467 e. The van der Waals surface area contributed by atoms with Gasteiger partial charge in [-0.05, 0) is 61.6 Å². The maximum atomic E-state index is 12.4. The Morgan fingerprint density at radius 3 is 2.50 bits per heavy atom. The highest BCUT2D eigenvalue weighted by Crippen LogP contribution is 2.35. The zero-order chi connectivity index (χ0) is 25.1. The lowest BCUT2D eigenvalue weighted by molar-refractivity contribution is 0.0500. The van der Waals surface area contributed by atoms with E-state index in [0.717, 1.165) is 35.9 Å². The quantitative estimate of drug-likeness (QED) is 0.473. The molecule has 2 aromatic rings. The normalized spacial score (nSPS) is 21.0. The van der Waals surface area contributed by atoms with Gasteiger partial charge in [0.15, 0.2) is 0 Å². The molecule has 1 aromatic heterocycles. The minimum atomic E-state index is -3.12. The highest BCUT2D eigenvalue weighted by molar-refractivity contribution is 7.89. The molecule has 2 aliphatic heterocycles. The van der Waals surface area contributed by atoms with Crippen molar-refractivity contribution < 1.29 is 22.7 Å². The van der Waals surface area contributed by atoms with Crippen LogP contribution in [0.25, 0.3) is 10.2 Å². The van der Waals surface area contributed by atoms with Crippen LogP contribution in [0.3, 0.4) is 0 Å². The molecule has 0 spiro atoms. The summed E-state index contributed by atoms with van der Waals surface area (Å²) in [6, 6.07) is 6.37. The molecule has 1 aromatic carbocycles. The van der Waals surface area contributed by atoms with Crippen LogP contribution in [0.5, 0.6) is 5.19 Å². The number of fused-ring (bicyclic) bond motifs is 1. The number of carbonyl (C=O) groups excluding carboxylic acids is 1. The van der Waals surface area contributed by atoms with Crippen molar-refractivity contribution in [2.75, 3.05) is 38.5 Å². The van der Waals surface area contributed by atoms with E-state index in [9.17, 15) is 13.2 Å². The van der Waals surface area contributed by atoms with Crippen LogP contribution in [0.15, 0.2) is 18.2 Å². The Hall–Kier alpha value is -1.91. The van der Waals surface area contributed by atoms with E-state index in [-0.39, 0.29) is 18.0 Å². The monoisotopic (exact) mass is 535 g/mol. The van der Waals surface area contributed by atoms with Crippen LogP contribution < -0.4 is 4.74 Å². The van der Waals surface area contributed by atoms with Gasteiger partial charge >= 0.3 is 6.09 Å². The second kappa shape index (κ2) is 11.2. The summed E-state index contributed by atoms with van der Waals surface area (Å²) in [4.78, 5) is 18.8. The molecule has 36 heavy (non-hydrogen) atoms. The van der Waals surface area contributed by atoms with Gasteiger partial charge in [-0.2, -0.15) is 0 Å². The Morgan fingerprint density at radius 1 is 1.08 bits per heavy atom. The maximum Gasteiger partial charge on any atom is 0.409 e. The van der Waals surface area contributed by atoms with E-state index < -0.39 is 10.0 Å². The van der Waals surface area contributed by atoms with Gasteiger partial charge in [0, 0.05) is 39.0 Å². The Kier molecular flexibility index (Phi) is 8.02. The summed E-state index contributed by atoms with van der Waals surface area (Å²) in [7, 11) is -3.12. The molecule has 1 amide bonds. The molecule has 0 N–H and O–H groups in total. The van der Waals surface area contributed by atoms with Gasteiger partial charge in [-0.25, -0.2) is 22.5 Å². The van der Waals surface area contributed by atoms with Crippen molar-refractivity contribution in [2.24, 2.45) is 5.92 Å². The van der Waals surface area contributed by atoms with Gasteiger partial charge < -0.3 is 14.4 Å². The van der Waals surface area contributed by atoms with E-state index in [1.54, 1.807) is 20.5 Å². The van der Waals surface area contributed by atoms with Crippen LogP contribution in [0.4, 0.5) is 4.79 Å². The fourth-order valence-electron chi connectivity index (χ4n) is 5.32. The van der Waals surface area contributed by atoms with Crippen LogP contribution in [0, 0.1) is 5.92 Å². The molecular formula is C26H37N3O5S2. The van der Waals surface area contributed by atoms with Crippen molar-refractivity contribution in [1.82, 2.24) is 14.2 Å². The fraction of sp³-hybridized carbons (Fsp3) is 0.692. The van der Waals surface area contributed by atoms with Crippen molar-refractivity contribution in [2.45, 2.75) is 70.3 Å². The molecule has 2 saturated heterocycles. The molecule has 5 rings (SSSR count). The van der Waals surface area contributed by atoms with Crippen molar-refractivity contribution in [1.29, 1.82) is 0 Å². The number of ether oxygens (including phenoxy) is 2. The first-order valence-electron chi connectivity index (χ1n) is 13.4. The number of nitrogens with zero attached hydrogens (tertiary/aromatic N) is 3. The van der Waals surface area contributed by atoms with Crippen LogP contribution in [-0.4, -0.2) is 73.3 Å². The van der Waals surface area contributed by atoms with Crippen LogP contribution >= 0.6 is 11.3 Å². The van der Waals surface area contributed by atoms with Gasteiger partial charge in [0.05, 0.1) is 22.6 Å². The van der Waals surface area contributed by atoms with Gasteiger partial charge in [0.1, 0.15) is 6.10 Å². The number of piperidine rings is 2. The average Bonchev–Trinajstić information content (AvgIpc) is 3.25. The van der Waals surface area contributed by atoms with E-state index in [4.69, 9.17) is 9.47 Å².